The molecule has 8 heteroatoms. The van der Waals surface area contributed by atoms with Crippen molar-refractivity contribution < 1.29 is 19.1 Å². The lowest BCUT2D eigenvalue weighted by molar-refractivity contribution is -0.187. The quantitative estimate of drug-likeness (QED) is 0.237. The molecule has 0 spiro atoms. The lowest BCUT2D eigenvalue weighted by Gasteiger charge is -2.35. The molecule has 0 aliphatic carbocycles. The third-order valence-electron chi connectivity index (χ3n) is 5.78. The number of aromatic nitrogens is 2. The van der Waals surface area contributed by atoms with Gasteiger partial charge in [0.25, 0.3) is 5.56 Å². The summed E-state index contributed by atoms with van der Waals surface area (Å²) in [4.78, 5) is 43.0. The Morgan fingerprint density at radius 3 is 2.87 bits per heavy atom. The first-order chi connectivity index (χ1) is 14.5. The van der Waals surface area contributed by atoms with Gasteiger partial charge >= 0.3 is 11.9 Å². The molecule has 0 bridgehead atoms. The molecular formula is C22H17IN2O5. The van der Waals surface area contributed by atoms with Crippen LogP contribution in [0.3, 0.4) is 0 Å². The predicted molar refractivity (Wildman–Crippen MR) is 117 cm³/mol. The molecule has 3 aromatic rings. The number of pyridine rings is 2. The van der Waals surface area contributed by atoms with Gasteiger partial charge in [-0.1, -0.05) is 47.7 Å². The van der Waals surface area contributed by atoms with Crippen LogP contribution in [0, 0.1) is 0 Å². The van der Waals surface area contributed by atoms with Gasteiger partial charge in [-0.2, -0.15) is 0 Å². The number of ether oxygens (including phenoxy) is 2. The van der Waals surface area contributed by atoms with E-state index in [1.54, 1.807) is 17.6 Å². The minimum Gasteiger partial charge on any atom is -0.457 e. The van der Waals surface area contributed by atoms with Crippen LogP contribution >= 0.6 is 22.6 Å². The van der Waals surface area contributed by atoms with E-state index in [1.165, 1.54) is 0 Å². The van der Waals surface area contributed by atoms with Gasteiger partial charge < -0.3 is 14.0 Å². The number of halogens is 1. The molecule has 0 radical (unpaired) electrons. The zero-order valence-corrected chi connectivity index (χ0v) is 18.3. The summed E-state index contributed by atoms with van der Waals surface area (Å²) in [5.74, 6) is -1.18. The Hall–Kier alpha value is -2.75. The van der Waals surface area contributed by atoms with Crippen molar-refractivity contribution in [1.82, 2.24) is 9.55 Å². The number of rotatable bonds is 3. The van der Waals surface area contributed by atoms with Crippen molar-refractivity contribution in [2.75, 3.05) is 4.43 Å². The summed E-state index contributed by atoms with van der Waals surface area (Å²) < 4.78 is 12.6. The fraction of sp³-hybridized carbons (Fsp3) is 0.273. The zero-order chi connectivity index (χ0) is 21.0. The first kappa shape index (κ1) is 19.2. The Bertz CT molecular complexity index is 1300. The molecule has 1 aromatic carbocycles. The maximum absolute atomic E-state index is 13.3. The van der Waals surface area contributed by atoms with E-state index in [-0.39, 0.29) is 23.0 Å². The van der Waals surface area contributed by atoms with Gasteiger partial charge in [-0.25, -0.2) is 9.78 Å². The molecule has 2 aliphatic rings. The maximum atomic E-state index is 13.3. The monoisotopic (exact) mass is 516 g/mol. The topological polar surface area (TPSA) is 87.5 Å². The average Bonchev–Trinajstić information content (AvgIpc) is 3.12. The van der Waals surface area contributed by atoms with Crippen LogP contribution in [0.15, 0.2) is 41.2 Å². The average molecular weight is 516 g/mol. The van der Waals surface area contributed by atoms with Crippen LogP contribution in [0.25, 0.3) is 22.3 Å². The van der Waals surface area contributed by atoms with Crippen LogP contribution in [0.4, 0.5) is 0 Å². The zero-order valence-electron chi connectivity index (χ0n) is 16.1. The van der Waals surface area contributed by atoms with Crippen molar-refractivity contribution in [3.8, 4) is 11.4 Å². The highest BCUT2D eigenvalue weighted by molar-refractivity contribution is 14.1. The van der Waals surface area contributed by atoms with E-state index in [9.17, 15) is 14.4 Å². The minimum absolute atomic E-state index is 0.0857. The molecule has 7 nitrogen and oxygen atoms in total. The van der Waals surface area contributed by atoms with Gasteiger partial charge in [0.2, 0.25) is 5.60 Å². The normalized spacial score (nSPS) is 19.1. The van der Waals surface area contributed by atoms with Gasteiger partial charge in [-0.3, -0.25) is 9.59 Å². The Morgan fingerprint density at radius 1 is 1.30 bits per heavy atom. The van der Waals surface area contributed by atoms with Crippen molar-refractivity contribution in [1.29, 1.82) is 0 Å². The summed E-state index contributed by atoms with van der Waals surface area (Å²) in [7, 11) is 0. The molecule has 0 N–H and O–H groups in total. The maximum Gasteiger partial charge on any atom is 0.355 e. The van der Waals surface area contributed by atoms with Gasteiger partial charge in [-0.15, -0.1) is 0 Å². The van der Waals surface area contributed by atoms with Crippen LogP contribution in [-0.2, 0) is 37.8 Å². The summed E-state index contributed by atoms with van der Waals surface area (Å²) in [6, 6.07) is 11.6. The van der Waals surface area contributed by atoms with Gasteiger partial charge in [0.1, 0.15) is 6.61 Å². The van der Waals surface area contributed by atoms with E-state index in [0.29, 0.717) is 29.1 Å². The van der Waals surface area contributed by atoms with E-state index < -0.39 is 17.5 Å². The Labute approximate surface area is 185 Å². The Kier molecular flexibility index (Phi) is 4.42. The summed E-state index contributed by atoms with van der Waals surface area (Å²) >= 11 is 1.88. The van der Waals surface area contributed by atoms with Crippen LogP contribution < -0.4 is 5.56 Å². The number of cyclic esters (lactones) is 1. The highest BCUT2D eigenvalue weighted by Gasteiger charge is 2.50. The molecule has 4 heterocycles. The van der Waals surface area contributed by atoms with Crippen LogP contribution in [0.1, 0.15) is 30.0 Å². The first-order valence-electron chi connectivity index (χ1n) is 9.59. The third kappa shape index (κ3) is 2.62. The van der Waals surface area contributed by atoms with Gasteiger partial charge in [0.15, 0.2) is 0 Å². The molecule has 0 unspecified atom stereocenters. The smallest absolute Gasteiger partial charge is 0.355 e. The predicted octanol–water partition coefficient (Wildman–Crippen LogP) is 3.07. The number of nitrogens with zero attached hydrogens (tertiary/aromatic N) is 2. The van der Waals surface area contributed by atoms with Crippen LogP contribution in [0.2, 0.25) is 0 Å². The molecular weight excluding hydrogens is 499 g/mol. The van der Waals surface area contributed by atoms with Crippen molar-refractivity contribution in [2.24, 2.45) is 0 Å². The molecule has 152 valence electrons. The van der Waals surface area contributed by atoms with Gasteiger partial charge in [-0.05, 0) is 24.6 Å². The lowest BCUT2D eigenvalue weighted by Crippen LogP contribution is -2.47. The van der Waals surface area contributed by atoms with E-state index in [2.05, 4.69) is 0 Å². The molecule has 1 atom stereocenters. The number of para-hydroxylation sites is 1. The molecule has 30 heavy (non-hydrogen) atoms. The number of fused-ring (bicyclic) bond motifs is 5. The fourth-order valence-electron chi connectivity index (χ4n) is 4.30. The Morgan fingerprint density at radius 2 is 2.10 bits per heavy atom. The standard InChI is InChI=1S/C22H17IN2O5/c1-2-22(30-18(26)9-23)15-8-17-19-13(7-12-5-3-4-6-16(12)24-19)10-25(17)20(27)14(15)11-29-21(22)28/h3-8H,2,9-11H2,1H3/t22-/m0/s1. The number of benzene rings is 1. The van der Waals surface area contributed by atoms with Crippen molar-refractivity contribution in [3.05, 3.63) is 63.4 Å². The second kappa shape index (κ2) is 6.90. The lowest BCUT2D eigenvalue weighted by atomic mass is 9.85. The van der Waals surface area contributed by atoms with Crippen molar-refractivity contribution in [3.63, 3.8) is 0 Å². The minimum atomic E-state index is -1.62. The molecule has 2 aliphatic heterocycles. The van der Waals surface area contributed by atoms with E-state index in [4.69, 9.17) is 14.5 Å². The van der Waals surface area contributed by atoms with E-state index in [0.717, 1.165) is 16.5 Å². The number of esters is 2. The summed E-state index contributed by atoms with van der Waals surface area (Å²) in [5, 5.41) is 0.999. The number of hydrogen-bond donors (Lipinski definition) is 0. The van der Waals surface area contributed by atoms with Crippen LogP contribution in [-0.4, -0.2) is 25.9 Å². The number of alkyl halides is 1. The highest BCUT2D eigenvalue weighted by Crippen LogP contribution is 2.40. The second-order valence-corrected chi connectivity index (χ2v) is 8.13. The number of carbonyl (C=O) groups excluding carboxylic acids is 2. The van der Waals surface area contributed by atoms with E-state index in [1.807, 2.05) is 52.9 Å². The van der Waals surface area contributed by atoms with Crippen molar-refractivity contribution in [2.45, 2.75) is 32.1 Å². The van der Waals surface area contributed by atoms with E-state index >= 15 is 0 Å². The third-order valence-corrected chi connectivity index (χ3v) is 6.40. The van der Waals surface area contributed by atoms with Crippen molar-refractivity contribution >= 4 is 45.4 Å². The molecule has 0 fully saturated rings. The van der Waals surface area contributed by atoms with Crippen LogP contribution in [0.5, 0.6) is 0 Å². The molecule has 0 saturated carbocycles. The van der Waals surface area contributed by atoms with Gasteiger partial charge in [0, 0.05) is 16.5 Å². The molecule has 5 rings (SSSR count). The summed E-state index contributed by atoms with van der Waals surface area (Å²) in [6.07, 6.45) is 0.169. The molecule has 2 aromatic heterocycles. The fourth-order valence-corrected chi connectivity index (χ4v) is 4.46. The molecule has 0 saturated heterocycles. The number of hydrogen-bond acceptors (Lipinski definition) is 6. The first-order valence-corrected chi connectivity index (χ1v) is 11.1. The van der Waals surface area contributed by atoms with Gasteiger partial charge in [0.05, 0.1) is 33.4 Å². The SMILES string of the molecule is CC[C@@]1(OC(=O)CI)C(=O)OCc2c1cc1n(c2=O)Cc2cc3ccccc3nc2-1. The second-order valence-electron chi connectivity index (χ2n) is 7.37. The Balaban J connectivity index is 1.77. The highest BCUT2D eigenvalue weighted by atomic mass is 127. The summed E-state index contributed by atoms with van der Waals surface area (Å²) in [6.45, 7) is 2.00. The largest absolute Gasteiger partial charge is 0.457 e. The molecule has 0 amide bonds. The summed E-state index contributed by atoms with van der Waals surface area (Å²) in [5.41, 5.74) is 1.97. The number of carbonyl (C=O) groups is 2.